The van der Waals surface area contributed by atoms with Crippen LogP contribution in [0, 0.1) is 0 Å². The Balaban J connectivity index is 1.91. The van der Waals surface area contributed by atoms with Crippen molar-refractivity contribution in [2.24, 2.45) is 0 Å². The number of hydrogen-bond acceptors (Lipinski definition) is 3. The standard InChI is InChI=1S/C16H15Cl2N3O2/c1-10(22)20-11-5-7-12(8-6-11)21-15(23)9-19-16-13(17)3-2-4-14(16)18/h2-8,19H,9H2,1H3,(H,20,22)(H,21,23). The fraction of sp³-hybridized carbons (Fsp3) is 0.125. The van der Waals surface area contributed by atoms with E-state index in [2.05, 4.69) is 16.0 Å². The molecule has 0 aliphatic rings. The molecule has 2 aromatic carbocycles. The van der Waals surface area contributed by atoms with Gasteiger partial charge in [-0.05, 0) is 36.4 Å². The second-order valence-electron chi connectivity index (χ2n) is 4.76. The number of carbonyl (C=O) groups excluding carboxylic acids is 2. The number of halogens is 2. The van der Waals surface area contributed by atoms with E-state index in [9.17, 15) is 9.59 Å². The second-order valence-corrected chi connectivity index (χ2v) is 5.57. The highest BCUT2D eigenvalue weighted by molar-refractivity contribution is 6.39. The molecule has 0 aliphatic heterocycles. The third kappa shape index (κ3) is 5.16. The topological polar surface area (TPSA) is 70.2 Å². The lowest BCUT2D eigenvalue weighted by atomic mass is 10.2. The normalized spacial score (nSPS) is 10.0. The first-order valence-corrected chi connectivity index (χ1v) is 7.56. The summed E-state index contributed by atoms with van der Waals surface area (Å²) in [4.78, 5) is 22.9. The minimum absolute atomic E-state index is 0.0247. The van der Waals surface area contributed by atoms with E-state index in [1.54, 1.807) is 42.5 Å². The van der Waals surface area contributed by atoms with Gasteiger partial charge in [0.2, 0.25) is 11.8 Å². The molecule has 120 valence electrons. The van der Waals surface area contributed by atoms with Crippen molar-refractivity contribution in [3.05, 3.63) is 52.5 Å². The summed E-state index contributed by atoms with van der Waals surface area (Å²) in [7, 11) is 0. The summed E-state index contributed by atoms with van der Waals surface area (Å²) in [6.45, 7) is 1.46. The van der Waals surface area contributed by atoms with Crippen molar-refractivity contribution in [2.75, 3.05) is 22.5 Å². The van der Waals surface area contributed by atoms with Gasteiger partial charge < -0.3 is 16.0 Å². The molecule has 23 heavy (non-hydrogen) atoms. The first kappa shape index (κ1) is 17.1. The van der Waals surface area contributed by atoms with Crippen LogP contribution in [0.15, 0.2) is 42.5 Å². The van der Waals surface area contributed by atoms with E-state index in [0.29, 0.717) is 27.1 Å². The van der Waals surface area contributed by atoms with Crippen LogP contribution in [0.2, 0.25) is 10.0 Å². The SMILES string of the molecule is CC(=O)Nc1ccc(NC(=O)CNc2c(Cl)cccc2Cl)cc1. The van der Waals surface area contributed by atoms with E-state index in [1.165, 1.54) is 6.92 Å². The molecule has 0 heterocycles. The Hall–Kier alpha value is -2.24. The first-order valence-electron chi connectivity index (χ1n) is 6.81. The number of hydrogen-bond donors (Lipinski definition) is 3. The Morgan fingerprint density at radius 1 is 0.913 bits per heavy atom. The number of rotatable bonds is 5. The van der Waals surface area contributed by atoms with Crippen LogP contribution in [0.25, 0.3) is 0 Å². The molecule has 0 saturated heterocycles. The van der Waals surface area contributed by atoms with Gasteiger partial charge in [0.05, 0.1) is 22.3 Å². The van der Waals surface area contributed by atoms with Crippen LogP contribution in [-0.2, 0) is 9.59 Å². The quantitative estimate of drug-likeness (QED) is 0.762. The maximum Gasteiger partial charge on any atom is 0.243 e. The summed E-state index contributed by atoms with van der Waals surface area (Å²) in [5.41, 5.74) is 1.81. The summed E-state index contributed by atoms with van der Waals surface area (Å²) in [5.74, 6) is -0.393. The molecule has 7 heteroatoms. The van der Waals surface area contributed by atoms with Crippen molar-refractivity contribution in [3.63, 3.8) is 0 Å². The molecule has 5 nitrogen and oxygen atoms in total. The average molecular weight is 352 g/mol. The largest absolute Gasteiger partial charge is 0.374 e. The molecule has 0 atom stereocenters. The Kier molecular flexibility index (Phi) is 5.84. The Bertz CT molecular complexity index is 698. The summed E-state index contributed by atoms with van der Waals surface area (Å²) >= 11 is 12.0. The number of anilines is 3. The molecule has 0 radical (unpaired) electrons. The van der Waals surface area contributed by atoms with E-state index < -0.39 is 0 Å². The van der Waals surface area contributed by atoms with Gasteiger partial charge >= 0.3 is 0 Å². The van der Waals surface area contributed by atoms with Crippen LogP contribution in [0.4, 0.5) is 17.1 Å². The molecule has 2 amide bonds. The van der Waals surface area contributed by atoms with Crippen molar-refractivity contribution < 1.29 is 9.59 Å². The summed E-state index contributed by atoms with van der Waals surface area (Å²) in [6.07, 6.45) is 0. The zero-order valence-electron chi connectivity index (χ0n) is 12.3. The summed E-state index contributed by atoms with van der Waals surface area (Å²) in [5, 5.41) is 9.19. The average Bonchev–Trinajstić information content (AvgIpc) is 2.48. The van der Waals surface area contributed by atoms with Crippen LogP contribution in [0.5, 0.6) is 0 Å². The fourth-order valence-corrected chi connectivity index (χ4v) is 2.41. The molecule has 2 aromatic rings. The van der Waals surface area contributed by atoms with Crippen molar-refractivity contribution in [1.29, 1.82) is 0 Å². The number of amides is 2. The Morgan fingerprint density at radius 3 is 1.96 bits per heavy atom. The molecular weight excluding hydrogens is 337 g/mol. The van der Waals surface area contributed by atoms with Gasteiger partial charge in [-0.2, -0.15) is 0 Å². The highest BCUT2D eigenvalue weighted by Crippen LogP contribution is 2.29. The zero-order chi connectivity index (χ0) is 16.8. The van der Waals surface area contributed by atoms with Gasteiger partial charge in [0, 0.05) is 18.3 Å². The van der Waals surface area contributed by atoms with Crippen molar-refractivity contribution in [1.82, 2.24) is 0 Å². The number of benzene rings is 2. The van der Waals surface area contributed by atoms with Crippen molar-refractivity contribution in [2.45, 2.75) is 6.92 Å². The molecule has 0 unspecified atom stereocenters. The monoisotopic (exact) mass is 351 g/mol. The lowest BCUT2D eigenvalue weighted by molar-refractivity contribution is -0.115. The Morgan fingerprint density at radius 2 is 1.43 bits per heavy atom. The van der Waals surface area contributed by atoms with E-state index in [4.69, 9.17) is 23.2 Å². The molecule has 0 fully saturated rings. The van der Waals surface area contributed by atoms with Gasteiger partial charge in [-0.3, -0.25) is 9.59 Å². The van der Waals surface area contributed by atoms with Gasteiger partial charge in [-0.1, -0.05) is 29.3 Å². The van der Waals surface area contributed by atoms with Gasteiger partial charge in [0.15, 0.2) is 0 Å². The third-order valence-corrected chi connectivity index (χ3v) is 3.51. The maximum absolute atomic E-state index is 11.9. The zero-order valence-corrected chi connectivity index (χ0v) is 13.8. The van der Waals surface area contributed by atoms with Gasteiger partial charge in [-0.15, -0.1) is 0 Å². The van der Waals surface area contributed by atoms with Gasteiger partial charge in [0.1, 0.15) is 0 Å². The number of carbonyl (C=O) groups is 2. The van der Waals surface area contributed by atoms with E-state index in [-0.39, 0.29) is 18.4 Å². The van der Waals surface area contributed by atoms with Gasteiger partial charge in [-0.25, -0.2) is 0 Å². The van der Waals surface area contributed by atoms with Crippen LogP contribution in [0.1, 0.15) is 6.92 Å². The van der Waals surface area contributed by atoms with E-state index >= 15 is 0 Å². The predicted molar refractivity (Wildman–Crippen MR) is 94.3 cm³/mol. The molecular formula is C16H15Cl2N3O2. The Labute approximate surface area is 144 Å². The van der Waals surface area contributed by atoms with Crippen molar-refractivity contribution >= 4 is 52.1 Å². The second kappa shape index (κ2) is 7.85. The highest BCUT2D eigenvalue weighted by Gasteiger charge is 2.08. The third-order valence-electron chi connectivity index (χ3n) is 2.88. The minimum atomic E-state index is -0.242. The molecule has 2 rings (SSSR count). The summed E-state index contributed by atoms with van der Waals surface area (Å²) < 4.78 is 0. The highest BCUT2D eigenvalue weighted by atomic mass is 35.5. The molecule has 0 aromatic heterocycles. The predicted octanol–water partition coefficient (Wildman–Crippen LogP) is 4.00. The van der Waals surface area contributed by atoms with E-state index in [0.717, 1.165) is 0 Å². The summed E-state index contributed by atoms with van der Waals surface area (Å²) in [6, 6.07) is 11.9. The molecule has 0 saturated carbocycles. The fourth-order valence-electron chi connectivity index (χ4n) is 1.88. The minimum Gasteiger partial charge on any atom is -0.374 e. The maximum atomic E-state index is 11.9. The van der Waals surface area contributed by atoms with Crippen LogP contribution in [0.3, 0.4) is 0 Å². The number of nitrogens with one attached hydrogen (secondary N) is 3. The van der Waals surface area contributed by atoms with Gasteiger partial charge in [0.25, 0.3) is 0 Å². The molecule has 0 bridgehead atoms. The van der Waals surface area contributed by atoms with Crippen molar-refractivity contribution in [3.8, 4) is 0 Å². The van der Waals surface area contributed by atoms with Crippen LogP contribution >= 0.6 is 23.2 Å². The lowest BCUT2D eigenvalue weighted by Gasteiger charge is -2.11. The number of para-hydroxylation sites is 1. The van der Waals surface area contributed by atoms with Crippen LogP contribution < -0.4 is 16.0 Å². The first-order chi connectivity index (χ1) is 11.0. The molecule has 0 spiro atoms. The lowest BCUT2D eigenvalue weighted by Crippen LogP contribution is -2.22. The molecule has 0 aliphatic carbocycles. The molecule has 3 N–H and O–H groups in total. The van der Waals surface area contributed by atoms with Crippen LogP contribution in [-0.4, -0.2) is 18.4 Å². The smallest absolute Gasteiger partial charge is 0.243 e. The van der Waals surface area contributed by atoms with E-state index in [1.807, 2.05) is 0 Å².